The van der Waals surface area contributed by atoms with E-state index in [2.05, 4.69) is 10.2 Å². The van der Waals surface area contributed by atoms with Gasteiger partial charge in [-0.1, -0.05) is 0 Å². The van der Waals surface area contributed by atoms with Crippen molar-refractivity contribution in [1.29, 1.82) is 0 Å². The average Bonchev–Trinajstić information content (AvgIpc) is 2.29. The van der Waals surface area contributed by atoms with Crippen molar-refractivity contribution in [3.63, 3.8) is 0 Å². The van der Waals surface area contributed by atoms with Crippen LogP contribution in [0, 0.1) is 0 Å². The van der Waals surface area contributed by atoms with Gasteiger partial charge in [0.1, 0.15) is 6.61 Å². The van der Waals surface area contributed by atoms with Crippen molar-refractivity contribution in [1.82, 2.24) is 14.5 Å². The summed E-state index contributed by atoms with van der Waals surface area (Å²) in [6.07, 6.45) is 1.23. The Morgan fingerprint density at radius 1 is 1.28 bits per heavy atom. The fourth-order valence-corrected chi connectivity index (χ4v) is 2.65. The van der Waals surface area contributed by atoms with Gasteiger partial charge in [0.05, 0.1) is 6.26 Å². The molecular formula is C10H21N3O4S. The molecule has 0 aromatic heterocycles. The highest BCUT2D eigenvalue weighted by atomic mass is 32.2. The summed E-state index contributed by atoms with van der Waals surface area (Å²) >= 11 is 0. The Hall–Kier alpha value is -0.700. The number of nitrogens with zero attached hydrogens (tertiary/aromatic N) is 2. The lowest BCUT2D eigenvalue weighted by Crippen LogP contribution is -2.50. The second-order valence-corrected chi connectivity index (χ2v) is 6.27. The first kappa shape index (κ1) is 15.4. The molecule has 1 aliphatic rings. The molecule has 0 spiro atoms. The molecule has 0 bridgehead atoms. The lowest BCUT2D eigenvalue weighted by atomic mass is 10.3. The highest BCUT2D eigenvalue weighted by Gasteiger charge is 2.22. The number of methoxy groups -OCH3 is 1. The topological polar surface area (TPSA) is 79.0 Å². The van der Waals surface area contributed by atoms with Gasteiger partial charge >= 0.3 is 0 Å². The number of ether oxygens (including phenoxy) is 1. The monoisotopic (exact) mass is 279 g/mol. The molecule has 106 valence electrons. The van der Waals surface area contributed by atoms with Gasteiger partial charge in [-0.05, 0) is 0 Å². The first-order valence-corrected chi connectivity index (χ1v) is 7.71. The lowest BCUT2D eigenvalue weighted by Gasteiger charge is -2.33. The number of hydrogen-bond donors (Lipinski definition) is 1. The molecule has 7 nitrogen and oxygen atoms in total. The Morgan fingerprint density at radius 3 is 2.39 bits per heavy atom. The van der Waals surface area contributed by atoms with E-state index in [0.717, 1.165) is 6.54 Å². The second kappa shape index (κ2) is 7.03. The van der Waals surface area contributed by atoms with Crippen LogP contribution in [0.2, 0.25) is 0 Å². The van der Waals surface area contributed by atoms with Gasteiger partial charge in [0.15, 0.2) is 0 Å². The molecule has 1 saturated heterocycles. The molecule has 18 heavy (non-hydrogen) atoms. The molecule has 1 heterocycles. The van der Waals surface area contributed by atoms with Gasteiger partial charge in [0.25, 0.3) is 0 Å². The summed E-state index contributed by atoms with van der Waals surface area (Å²) in [4.78, 5) is 13.3. The van der Waals surface area contributed by atoms with Crippen LogP contribution in [-0.2, 0) is 19.6 Å². The summed E-state index contributed by atoms with van der Waals surface area (Å²) in [5.41, 5.74) is 0. The van der Waals surface area contributed by atoms with Crippen molar-refractivity contribution in [3.8, 4) is 0 Å². The minimum Gasteiger partial charge on any atom is -0.375 e. The van der Waals surface area contributed by atoms with E-state index in [4.69, 9.17) is 4.74 Å². The number of hydrogen-bond acceptors (Lipinski definition) is 5. The number of rotatable bonds is 6. The van der Waals surface area contributed by atoms with Gasteiger partial charge in [-0.3, -0.25) is 9.69 Å². The molecule has 1 fully saturated rings. The second-order valence-electron chi connectivity index (χ2n) is 4.29. The number of carbonyl (C=O) groups is 1. The maximum Gasteiger partial charge on any atom is 0.246 e. The van der Waals surface area contributed by atoms with Crippen LogP contribution in [0.5, 0.6) is 0 Å². The summed E-state index contributed by atoms with van der Waals surface area (Å²) in [7, 11) is -1.59. The van der Waals surface area contributed by atoms with Crippen LogP contribution in [0.15, 0.2) is 0 Å². The molecule has 0 aliphatic carbocycles. The van der Waals surface area contributed by atoms with E-state index in [1.165, 1.54) is 17.7 Å². The van der Waals surface area contributed by atoms with Crippen LogP contribution in [0.4, 0.5) is 0 Å². The molecule has 1 aliphatic heterocycles. The minimum atomic E-state index is -3.07. The summed E-state index contributed by atoms with van der Waals surface area (Å²) < 4.78 is 28.8. The van der Waals surface area contributed by atoms with Crippen molar-refractivity contribution in [2.45, 2.75) is 0 Å². The zero-order chi connectivity index (χ0) is 13.6. The Labute approximate surface area is 108 Å². The Balaban J connectivity index is 2.18. The third-order valence-corrected chi connectivity index (χ3v) is 4.13. The zero-order valence-electron chi connectivity index (χ0n) is 10.9. The SMILES string of the molecule is COCC(=O)NCCN1CCN(S(C)(=O)=O)CC1. The van der Waals surface area contributed by atoms with Crippen molar-refractivity contribution in [3.05, 3.63) is 0 Å². The third kappa shape index (κ3) is 5.30. The van der Waals surface area contributed by atoms with E-state index in [0.29, 0.717) is 32.7 Å². The van der Waals surface area contributed by atoms with Gasteiger partial charge in [0, 0.05) is 46.4 Å². The van der Waals surface area contributed by atoms with E-state index < -0.39 is 10.0 Å². The fraction of sp³-hybridized carbons (Fsp3) is 0.900. The molecule has 0 aromatic carbocycles. The third-order valence-electron chi connectivity index (χ3n) is 2.83. The predicted octanol–water partition coefficient (Wildman–Crippen LogP) is -1.67. The van der Waals surface area contributed by atoms with Crippen molar-refractivity contribution in [2.75, 3.05) is 59.2 Å². The average molecular weight is 279 g/mol. The molecule has 0 unspecified atom stereocenters. The van der Waals surface area contributed by atoms with Crippen LogP contribution >= 0.6 is 0 Å². The van der Waals surface area contributed by atoms with Crippen molar-refractivity contribution >= 4 is 15.9 Å². The summed E-state index contributed by atoms with van der Waals surface area (Å²) in [6, 6.07) is 0. The van der Waals surface area contributed by atoms with Gasteiger partial charge < -0.3 is 10.1 Å². The molecule has 1 N–H and O–H groups in total. The fourth-order valence-electron chi connectivity index (χ4n) is 1.82. The smallest absolute Gasteiger partial charge is 0.246 e. The van der Waals surface area contributed by atoms with Gasteiger partial charge in [-0.15, -0.1) is 0 Å². The molecule has 0 aromatic rings. The Kier molecular flexibility index (Phi) is 6.00. The van der Waals surface area contributed by atoms with E-state index in [9.17, 15) is 13.2 Å². The normalized spacial score (nSPS) is 18.8. The van der Waals surface area contributed by atoms with E-state index in [-0.39, 0.29) is 12.5 Å². The van der Waals surface area contributed by atoms with Crippen LogP contribution < -0.4 is 5.32 Å². The summed E-state index contributed by atoms with van der Waals surface area (Å²) in [6.45, 7) is 3.80. The highest BCUT2D eigenvalue weighted by Crippen LogP contribution is 2.04. The molecular weight excluding hydrogens is 258 g/mol. The Morgan fingerprint density at radius 2 is 1.89 bits per heavy atom. The first-order chi connectivity index (χ1) is 8.43. The van der Waals surface area contributed by atoms with Gasteiger partial charge in [0.2, 0.25) is 15.9 Å². The number of nitrogens with one attached hydrogen (secondary N) is 1. The van der Waals surface area contributed by atoms with E-state index >= 15 is 0 Å². The maximum absolute atomic E-state index is 11.3. The molecule has 0 radical (unpaired) electrons. The molecule has 8 heteroatoms. The van der Waals surface area contributed by atoms with Crippen molar-refractivity contribution in [2.24, 2.45) is 0 Å². The van der Waals surface area contributed by atoms with E-state index in [1.807, 2.05) is 0 Å². The largest absolute Gasteiger partial charge is 0.375 e. The molecule has 1 amide bonds. The molecule has 1 rings (SSSR count). The van der Waals surface area contributed by atoms with Gasteiger partial charge in [-0.25, -0.2) is 8.42 Å². The van der Waals surface area contributed by atoms with Gasteiger partial charge in [-0.2, -0.15) is 4.31 Å². The minimum absolute atomic E-state index is 0.0713. The van der Waals surface area contributed by atoms with Crippen molar-refractivity contribution < 1.29 is 17.9 Å². The number of carbonyl (C=O) groups excluding carboxylic acids is 1. The highest BCUT2D eigenvalue weighted by molar-refractivity contribution is 7.88. The number of sulfonamides is 1. The van der Waals surface area contributed by atoms with E-state index in [1.54, 1.807) is 0 Å². The Bertz CT molecular complexity index is 363. The van der Waals surface area contributed by atoms with Crippen LogP contribution in [0.25, 0.3) is 0 Å². The predicted molar refractivity (Wildman–Crippen MR) is 67.7 cm³/mol. The number of amides is 1. The zero-order valence-corrected chi connectivity index (χ0v) is 11.7. The molecule has 0 atom stereocenters. The number of piperazine rings is 1. The first-order valence-electron chi connectivity index (χ1n) is 5.86. The quantitative estimate of drug-likeness (QED) is 0.629. The van der Waals surface area contributed by atoms with Crippen LogP contribution in [-0.4, -0.2) is 82.8 Å². The summed E-state index contributed by atoms with van der Waals surface area (Å²) in [5.74, 6) is -0.132. The maximum atomic E-state index is 11.3. The van der Waals surface area contributed by atoms with Crippen LogP contribution in [0.1, 0.15) is 0 Å². The van der Waals surface area contributed by atoms with Crippen LogP contribution in [0.3, 0.4) is 0 Å². The molecule has 0 saturated carbocycles. The standard InChI is InChI=1S/C10H21N3O4S/c1-17-9-10(14)11-3-4-12-5-7-13(8-6-12)18(2,15)16/h3-9H2,1-2H3,(H,11,14). The summed E-state index contributed by atoms with van der Waals surface area (Å²) in [5, 5.41) is 2.73. The lowest BCUT2D eigenvalue weighted by molar-refractivity contribution is -0.124.